The van der Waals surface area contributed by atoms with Crippen molar-refractivity contribution in [2.75, 3.05) is 0 Å². The number of phenolic OH excluding ortho intramolecular Hbond substituents is 2. The number of phenols is 2. The molecule has 0 aromatic heterocycles. The van der Waals surface area contributed by atoms with E-state index in [1.807, 2.05) is 0 Å². The second kappa shape index (κ2) is 3.68. The van der Waals surface area contributed by atoms with Crippen molar-refractivity contribution in [2.45, 2.75) is 6.92 Å². The van der Waals surface area contributed by atoms with E-state index in [-0.39, 0.29) is 39.5 Å². The number of ketones is 2. The maximum atomic E-state index is 12.3. The van der Waals surface area contributed by atoms with Crippen LogP contribution in [0, 0.1) is 6.92 Å². The summed E-state index contributed by atoms with van der Waals surface area (Å²) in [6, 6.07) is 7.18. The molecule has 1 aliphatic carbocycles. The molecule has 0 radical (unpaired) electrons. The molecule has 2 aromatic rings. The molecule has 0 amide bonds. The lowest BCUT2D eigenvalue weighted by Crippen LogP contribution is -2.21. The molecule has 4 heteroatoms. The molecule has 0 heterocycles. The Morgan fingerprint density at radius 2 is 1.53 bits per heavy atom. The molecule has 0 spiro atoms. The van der Waals surface area contributed by atoms with Crippen LogP contribution in [-0.2, 0) is 0 Å². The monoisotopic (exact) mass is 254 g/mol. The summed E-state index contributed by atoms with van der Waals surface area (Å²) in [5, 5.41) is 19.4. The molecule has 94 valence electrons. The van der Waals surface area contributed by atoms with Crippen LogP contribution in [0.4, 0.5) is 0 Å². The summed E-state index contributed by atoms with van der Waals surface area (Å²) in [4.78, 5) is 24.6. The first kappa shape index (κ1) is 11.5. The van der Waals surface area contributed by atoms with Crippen molar-refractivity contribution in [3.05, 3.63) is 58.1 Å². The van der Waals surface area contributed by atoms with Crippen molar-refractivity contribution in [2.24, 2.45) is 0 Å². The van der Waals surface area contributed by atoms with Crippen LogP contribution in [0.25, 0.3) is 0 Å². The lowest BCUT2D eigenvalue weighted by molar-refractivity contribution is 0.0976. The molecule has 3 rings (SSSR count). The van der Waals surface area contributed by atoms with Gasteiger partial charge in [0.2, 0.25) is 0 Å². The van der Waals surface area contributed by atoms with Crippen LogP contribution in [0.15, 0.2) is 30.3 Å². The Kier molecular flexibility index (Phi) is 2.22. The fourth-order valence-corrected chi connectivity index (χ4v) is 2.32. The first-order valence-corrected chi connectivity index (χ1v) is 5.75. The summed E-state index contributed by atoms with van der Waals surface area (Å²) in [6.45, 7) is 1.66. The quantitative estimate of drug-likeness (QED) is 0.644. The van der Waals surface area contributed by atoms with Crippen LogP contribution in [0.5, 0.6) is 11.5 Å². The van der Waals surface area contributed by atoms with Crippen LogP contribution >= 0.6 is 0 Å². The third-order valence-corrected chi connectivity index (χ3v) is 3.34. The molecule has 0 aliphatic heterocycles. The number of hydrogen-bond acceptors (Lipinski definition) is 4. The van der Waals surface area contributed by atoms with E-state index in [1.54, 1.807) is 6.92 Å². The third kappa shape index (κ3) is 1.46. The van der Waals surface area contributed by atoms with Gasteiger partial charge in [0.05, 0.1) is 5.56 Å². The van der Waals surface area contributed by atoms with Crippen LogP contribution in [-0.4, -0.2) is 21.8 Å². The van der Waals surface area contributed by atoms with Gasteiger partial charge in [0.15, 0.2) is 11.6 Å². The highest BCUT2D eigenvalue weighted by atomic mass is 16.3. The third-order valence-electron chi connectivity index (χ3n) is 3.34. The maximum absolute atomic E-state index is 12.3. The van der Waals surface area contributed by atoms with Gasteiger partial charge in [0.1, 0.15) is 11.5 Å². The number of rotatable bonds is 0. The van der Waals surface area contributed by atoms with Crippen LogP contribution in [0.2, 0.25) is 0 Å². The van der Waals surface area contributed by atoms with E-state index in [0.29, 0.717) is 5.56 Å². The minimum absolute atomic E-state index is 0.00301. The minimum atomic E-state index is -0.446. The molecule has 2 N–H and O–H groups in total. The molecule has 0 unspecified atom stereocenters. The average molecular weight is 254 g/mol. The van der Waals surface area contributed by atoms with Gasteiger partial charge >= 0.3 is 0 Å². The van der Waals surface area contributed by atoms with Gasteiger partial charge in [-0.15, -0.1) is 0 Å². The Bertz CT molecular complexity index is 744. The number of aryl methyl sites for hydroxylation is 1. The normalized spacial score (nSPS) is 13.1. The first-order valence-electron chi connectivity index (χ1n) is 5.75. The topological polar surface area (TPSA) is 74.6 Å². The molecule has 0 saturated carbocycles. The Hall–Kier alpha value is -2.62. The highest BCUT2D eigenvalue weighted by Gasteiger charge is 2.32. The Morgan fingerprint density at radius 1 is 0.842 bits per heavy atom. The van der Waals surface area contributed by atoms with E-state index in [2.05, 4.69) is 0 Å². The van der Waals surface area contributed by atoms with E-state index in [0.717, 1.165) is 0 Å². The van der Waals surface area contributed by atoms with Gasteiger partial charge in [-0.05, 0) is 30.7 Å². The summed E-state index contributed by atoms with van der Waals surface area (Å²) in [6.07, 6.45) is 0. The van der Waals surface area contributed by atoms with Crippen molar-refractivity contribution in [1.29, 1.82) is 0 Å². The minimum Gasteiger partial charge on any atom is -0.508 e. The molecular weight excluding hydrogens is 244 g/mol. The van der Waals surface area contributed by atoms with Gasteiger partial charge in [-0.25, -0.2) is 0 Å². The van der Waals surface area contributed by atoms with E-state index in [9.17, 15) is 19.8 Å². The Balaban J connectivity index is 2.36. The fourth-order valence-electron chi connectivity index (χ4n) is 2.32. The number of carbonyl (C=O) groups is 2. The molecule has 4 nitrogen and oxygen atoms in total. The molecule has 0 saturated heterocycles. The first-order chi connectivity index (χ1) is 9.00. The molecular formula is C15H10O4. The molecule has 0 atom stereocenters. The summed E-state index contributed by atoms with van der Waals surface area (Å²) < 4.78 is 0. The van der Waals surface area contributed by atoms with Crippen LogP contribution in [0.3, 0.4) is 0 Å². The smallest absolute Gasteiger partial charge is 0.198 e. The van der Waals surface area contributed by atoms with Crippen LogP contribution < -0.4 is 0 Å². The maximum Gasteiger partial charge on any atom is 0.198 e. The van der Waals surface area contributed by atoms with Gasteiger partial charge in [0, 0.05) is 16.7 Å². The van der Waals surface area contributed by atoms with Crippen molar-refractivity contribution in [3.63, 3.8) is 0 Å². The number of aromatic hydroxyl groups is 2. The zero-order chi connectivity index (χ0) is 13.7. The largest absolute Gasteiger partial charge is 0.508 e. The Morgan fingerprint density at radius 3 is 2.26 bits per heavy atom. The van der Waals surface area contributed by atoms with Gasteiger partial charge < -0.3 is 10.2 Å². The van der Waals surface area contributed by atoms with Crippen molar-refractivity contribution in [1.82, 2.24) is 0 Å². The average Bonchev–Trinajstić information content (AvgIpc) is 2.38. The zero-order valence-electron chi connectivity index (χ0n) is 10.1. The summed E-state index contributed by atoms with van der Waals surface area (Å²) in [5.41, 5.74) is 1.12. The molecule has 1 aliphatic rings. The predicted octanol–water partition coefficient (Wildman–Crippen LogP) is 2.18. The highest BCUT2D eigenvalue weighted by molar-refractivity contribution is 6.29. The van der Waals surface area contributed by atoms with Gasteiger partial charge in [0.25, 0.3) is 0 Å². The number of hydrogen-bond donors (Lipinski definition) is 2. The predicted molar refractivity (Wildman–Crippen MR) is 67.8 cm³/mol. The lowest BCUT2D eigenvalue weighted by Gasteiger charge is -2.19. The second-order valence-electron chi connectivity index (χ2n) is 4.54. The molecule has 0 fully saturated rings. The lowest BCUT2D eigenvalue weighted by atomic mass is 9.83. The Labute approximate surface area is 108 Å². The number of benzene rings is 2. The second-order valence-corrected chi connectivity index (χ2v) is 4.54. The SMILES string of the molecule is Cc1cc2c(cc1O)C(=O)c1c(O)cccc1C2=O. The zero-order valence-corrected chi connectivity index (χ0v) is 10.1. The molecule has 0 bridgehead atoms. The van der Waals surface area contributed by atoms with Crippen LogP contribution in [0.1, 0.15) is 37.4 Å². The van der Waals surface area contributed by atoms with E-state index < -0.39 is 5.78 Å². The standard InChI is InChI=1S/C15H10O4/c1-7-5-9-10(6-12(7)17)15(19)13-8(14(9)18)3-2-4-11(13)16/h2-6,16-17H,1H3. The van der Waals surface area contributed by atoms with Gasteiger partial charge in [-0.3, -0.25) is 9.59 Å². The number of carbonyl (C=O) groups excluding carboxylic acids is 2. The van der Waals surface area contributed by atoms with Crippen molar-refractivity contribution >= 4 is 11.6 Å². The van der Waals surface area contributed by atoms with E-state index in [1.165, 1.54) is 30.3 Å². The summed E-state index contributed by atoms with van der Waals surface area (Å²) in [5.74, 6) is -1.03. The molecule has 2 aromatic carbocycles. The van der Waals surface area contributed by atoms with E-state index >= 15 is 0 Å². The summed E-state index contributed by atoms with van der Waals surface area (Å²) in [7, 11) is 0. The van der Waals surface area contributed by atoms with Crippen molar-refractivity contribution in [3.8, 4) is 11.5 Å². The van der Waals surface area contributed by atoms with E-state index in [4.69, 9.17) is 0 Å². The summed E-state index contributed by atoms with van der Waals surface area (Å²) >= 11 is 0. The van der Waals surface area contributed by atoms with Gasteiger partial charge in [-0.2, -0.15) is 0 Å². The number of fused-ring (bicyclic) bond motifs is 2. The molecule has 19 heavy (non-hydrogen) atoms. The van der Waals surface area contributed by atoms with Gasteiger partial charge in [-0.1, -0.05) is 12.1 Å². The fraction of sp³-hybridized carbons (Fsp3) is 0.0667. The highest BCUT2D eigenvalue weighted by Crippen LogP contribution is 2.34. The van der Waals surface area contributed by atoms with Crippen molar-refractivity contribution < 1.29 is 19.8 Å².